The van der Waals surface area contributed by atoms with Gasteiger partial charge in [0.2, 0.25) is 0 Å². The summed E-state index contributed by atoms with van der Waals surface area (Å²) >= 11 is 0. The van der Waals surface area contributed by atoms with Crippen LogP contribution < -0.4 is 5.32 Å². The molecule has 2 aromatic carbocycles. The van der Waals surface area contributed by atoms with Crippen molar-refractivity contribution in [2.24, 2.45) is 0 Å². The first-order valence-electron chi connectivity index (χ1n) is 6.98. The fourth-order valence-electron chi connectivity index (χ4n) is 2.31. The van der Waals surface area contributed by atoms with Crippen molar-refractivity contribution < 1.29 is 0 Å². The molecule has 2 aromatic heterocycles. The highest BCUT2D eigenvalue weighted by atomic mass is 15.1. The van der Waals surface area contributed by atoms with Gasteiger partial charge < -0.3 is 10.3 Å². The van der Waals surface area contributed by atoms with Gasteiger partial charge >= 0.3 is 0 Å². The highest BCUT2D eigenvalue weighted by Gasteiger charge is 2.11. The minimum absolute atomic E-state index is 0.689. The zero-order valence-corrected chi connectivity index (χ0v) is 11.7. The van der Waals surface area contributed by atoms with Crippen LogP contribution in [0.5, 0.6) is 0 Å². The second-order valence-electron chi connectivity index (χ2n) is 4.86. The Balaban J connectivity index is 1.78. The Hall–Kier alpha value is -3.21. The Morgan fingerprint density at radius 3 is 2.32 bits per heavy atom. The maximum atomic E-state index is 4.64. The summed E-state index contributed by atoms with van der Waals surface area (Å²) in [6.07, 6.45) is 1.53. The molecule has 0 radical (unpaired) electrons. The van der Waals surface area contributed by atoms with Crippen molar-refractivity contribution in [2.45, 2.75) is 0 Å². The van der Waals surface area contributed by atoms with E-state index in [1.54, 1.807) is 0 Å². The number of benzene rings is 2. The Labute approximate surface area is 127 Å². The predicted molar refractivity (Wildman–Crippen MR) is 86.8 cm³/mol. The summed E-state index contributed by atoms with van der Waals surface area (Å²) in [5, 5.41) is 3.28. The molecule has 4 rings (SSSR count). The Morgan fingerprint density at radius 1 is 0.818 bits per heavy atom. The molecule has 0 bridgehead atoms. The molecule has 0 spiro atoms. The molecule has 0 aliphatic carbocycles. The van der Waals surface area contributed by atoms with Crippen molar-refractivity contribution >= 4 is 22.7 Å². The van der Waals surface area contributed by atoms with Crippen LogP contribution in [0, 0.1) is 0 Å². The van der Waals surface area contributed by atoms with Crippen molar-refractivity contribution in [3.8, 4) is 11.4 Å². The van der Waals surface area contributed by atoms with E-state index in [1.807, 2.05) is 60.7 Å². The SMILES string of the molecule is c1ccc(Nc2ncnc3[nH]c(-c4ccccc4)nc23)cc1. The maximum Gasteiger partial charge on any atom is 0.163 e. The lowest BCUT2D eigenvalue weighted by Gasteiger charge is -2.04. The molecule has 0 aliphatic heterocycles. The molecule has 22 heavy (non-hydrogen) atoms. The third-order valence-corrected chi connectivity index (χ3v) is 3.37. The fraction of sp³-hybridized carbons (Fsp3) is 0. The minimum Gasteiger partial charge on any atom is -0.338 e. The number of rotatable bonds is 3. The van der Waals surface area contributed by atoms with E-state index in [2.05, 4.69) is 25.3 Å². The van der Waals surface area contributed by atoms with Gasteiger partial charge in [0.05, 0.1) is 0 Å². The summed E-state index contributed by atoms with van der Waals surface area (Å²) in [6, 6.07) is 19.9. The summed E-state index contributed by atoms with van der Waals surface area (Å²) in [4.78, 5) is 16.4. The molecule has 2 heterocycles. The molecule has 0 amide bonds. The van der Waals surface area contributed by atoms with Crippen LogP contribution in [0.25, 0.3) is 22.6 Å². The first kappa shape index (κ1) is 12.5. The van der Waals surface area contributed by atoms with Gasteiger partial charge in [0.1, 0.15) is 12.2 Å². The second kappa shape index (κ2) is 5.29. The van der Waals surface area contributed by atoms with E-state index in [0.717, 1.165) is 22.6 Å². The number of aromatic amines is 1. The van der Waals surface area contributed by atoms with Gasteiger partial charge in [-0.15, -0.1) is 0 Å². The molecule has 0 saturated carbocycles. The number of nitrogens with one attached hydrogen (secondary N) is 2. The normalized spacial score (nSPS) is 10.7. The van der Waals surface area contributed by atoms with Crippen LogP contribution in [0.15, 0.2) is 67.0 Å². The average molecular weight is 287 g/mol. The third-order valence-electron chi connectivity index (χ3n) is 3.37. The minimum atomic E-state index is 0.689. The molecule has 0 saturated heterocycles. The van der Waals surface area contributed by atoms with Gasteiger partial charge in [-0.3, -0.25) is 0 Å². The zero-order valence-electron chi connectivity index (χ0n) is 11.7. The van der Waals surface area contributed by atoms with Gasteiger partial charge in [-0.25, -0.2) is 15.0 Å². The van der Waals surface area contributed by atoms with E-state index >= 15 is 0 Å². The van der Waals surface area contributed by atoms with E-state index in [9.17, 15) is 0 Å². The highest BCUT2D eigenvalue weighted by molar-refractivity contribution is 5.87. The lowest BCUT2D eigenvalue weighted by molar-refractivity contribution is 1.20. The quantitative estimate of drug-likeness (QED) is 0.602. The van der Waals surface area contributed by atoms with Crippen molar-refractivity contribution in [1.29, 1.82) is 0 Å². The van der Waals surface area contributed by atoms with Crippen LogP contribution in [0.2, 0.25) is 0 Å². The number of imidazole rings is 1. The van der Waals surface area contributed by atoms with Crippen molar-refractivity contribution in [3.05, 3.63) is 67.0 Å². The molecular weight excluding hydrogens is 274 g/mol. The smallest absolute Gasteiger partial charge is 0.163 e. The van der Waals surface area contributed by atoms with Crippen LogP contribution in [-0.2, 0) is 0 Å². The van der Waals surface area contributed by atoms with E-state index in [4.69, 9.17) is 0 Å². The molecule has 5 heteroatoms. The molecule has 0 aliphatic rings. The number of hydrogen-bond donors (Lipinski definition) is 2. The molecule has 0 unspecified atom stereocenters. The topological polar surface area (TPSA) is 66.5 Å². The Bertz CT molecular complexity index is 900. The molecule has 0 fully saturated rings. The number of nitrogens with zero attached hydrogens (tertiary/aromatic N) is 3. The highest BCUT2D eigenvalue weighted by Crippen LogP contribution is 2.24. The summed E-state index contributed by atoms with van der Waals surface area (Å²) in [7, 11) is 0. The van der Waals surface area contributed by atoms with Gasteiger partial charge in [0, 0.05) is 11.3 Å². The van der Waals surface area contributed by atoms with Gasteiger partial charge in [-0.05, 0) is 12.1 Å². The number of para-hydroxylation sites is 1. The predicted octanol–water partition coefficient (Wildman–Crippen LogP) is 3.76. The first-order chi connectivity index (χ1) is 10.9. The number of aromatic nitrogens is 4. The monoisotopic (exact) mass is 287 g/mol. The van der Waals surface area contributed by atoms with E-state index in [-0.39, 0.29) is 0 Å². The van der Waals surface area contributed by atoms with Crippen molar-refractivity contribution in [2.75, 3.05) is 5.32 Å². The number of H-pyrrole nitrogens is 1. The zero-order chi connectivity index (χ0) is 14.8. The van der Waals surface area contributed by atoms with Crippen molar-refractivity contribution in [3.63, 3.8) is 0 Å². The van der Waals surface area contributed by atoms with Crippen LogP contribution >= 0.6 is 0 Å². The summed E-state index contributed by atoms with van der Waals surface area (Å²) in [5.74, 6) is 1.47. The molecule has 106 valence electrons. The molecule has 4 aromatic rings. The molecular formula is C17H13N5. The van der Waals surface area contributed by atoms with Crippen LogP contribution in [-0.4, -0.2) is 19.9 Å². The standard InChI is InChI=1S/C17H13N5/c1-3-7-12(8-4-1)15-21-14-16(18-11-19-17(14)22-15)20-13-9-5-2-6-10-13/h1-11H,(H2,18,19,20,21,22). The van der Waals surface area contributed by atoms with Gasteiger partial charge in [-0.2, -0.15) is 0 Å². The Morgan fingerprint density at radius 2 is 1.55 bits per heavy atom. The van der Waals surface area contributed by atoms with E-state index < -0.39 is 0 Å². The summed E-state index contributed by atoms with van der Waals surface area (Å²) in [6.45, 7) is 0. The Kier molecular flexibility index (Phi) is 3.01. The van der Waals surface area contributed by atoms with Gasteiger partial charge in [-0.1, -0.05) is 48.5 Å². The fourth-order valence-corrected chi connectivity index (χ4v) is 2.31. The van der Waals surface area contributed by atoms with E-state index in [0.29, 0.717) is 11.5 Å². The number of hydrogen-bond acceptors (Lipinski definition) is 4. The second-order valence-corrected chi connectivity index (χ2v) is 4.86. The van der Waals surface area contributed by atoms with Crippen molar-refractivity contribution in [1.82, 2.24) is 19.9 Å². The lowest BCUT2D eigenvalue weighted by Crippen LogP contribution is -1.95. The van der Waals surface area contributed by atoms with Gasteiger partial charge in [0.15, 0.2) is 17.0 Å². The summed E-state index contributed by atoms with van der Waals surface area (Å²) < 4.78 is 0. The number of anilines is 2. The van der Waals surface area contributed by atoms with E-state index in [1.165, 1.54) is 6.33 Å². The summed E-state index contributed by atoms with van der Waals surface area (Å²) in [5.41, 5.74) is 3.43. The first-order valence-corrected chi connectivity index (χ1v) is 6.98. The average Bonchev–Trinajstić information content (AvgIpc) is 3.02. The van der Waals surface area contributed by atoms with Crippen LogP contribution in [0.4, 0.5) is 11.5 Å². The van der Waals surface area contributed by atoms with Crippen LogP contribution in [0.3, 0.4) is 0 Å². The van der Waals surface area contributed by atoms with Crippen LogP contribution in [0.1, 0.15) is 0 Å². The molecule has 2 N–H and O–H groups in total. The third kappa shape index (κ3) is 2.29. The molecule has 0 atom stereocenters. The largest absolute Gasteiger partial charge is 0.338 e. The molecule has 5 nitrogen and oxygen atoms in total. The maximum absolute atomic E-state index is 4.64. The van der Waals surface area contributed by atoms with Gasteiger partial charge in [0.25, 0.3) is 0 Å². The number of fused-ring (bicyclic) bond motifs is 1. The lowest BCUT2D eigenvalue weighted by atomic mass is 10.2.